The molecule has 0 fully saturated rings. The van der Waals surface area contributed by atoms with Crippen LogP contribution in [0, 0.1) is 0 Å². The highest BCUT2D eigenvalue weighted by atomic mass is 79.9. The summed E-state index contributed by atoms with van der Waals surface area (Å²) >= 11 is 3.40. The summed E-state index contributed by atoms with van der Waals surface area (Å²) in [5.74, 6) is 0.634. The molecule has 0 saturated heterocycles. The Labute approximate surface area is 156 Å². The predicted molar refractivity (Wildman–Crippen MR) is 99.0 cm³/mol. The van der Waals surface area contributed by atoms with Crippen molar-refractivity contribution >= 4 is 32.9 Å². The number of fused-ring (bicyclic) bond motifs is 1. The van der Waals surface area contributed by atoms with Gasteiger partial charge in [0.05, 0.1) is 22.3 Å². The van der Waals surface area contributed by atoms with Gasteiger partial charge in [-0.1, -0.05) is 28.1 Å². The van der Waals surface area contributed by atoms with Gasteiger partial charge in [-0.05, 0) is 40.8 Å². The number of rotatable bonds is 5. The fraction of sp³-hybridized carbons (Fsp3) is 0.118. The van der Waals surface area contributed by atoms with E-state index in [1.807, 2.05) is 30.3 Å². The fourth-order valence-electron chi connectivity index (χ4n) is 2.68. The van der Waals surface area contributed by atoms with Crippen LogP contribution < -0.4 is 5.32 Å². The first-order valence-electron chi connectivity index (χ1n) is 7.95. The van der Waals surface area contributed by atoms with E-state index in [1.54, 1.807) is 12.1 Å². The molecule has 26 heavy (non-hydrogen) atoms. The van der Waals surface area contributed by atoms with E-state index in [1.165, 1.54) is 11.0 Å². The second-order valence-corrected chi connectivity index (χ2v) is 6.54. The van der Waals surface area contributed by atoms with Gasteiger partial charge in [-0.2, -0.15) is 4.68 Å². The van der Waals surface area contributed by atoms with E-state index in [2.05, 4.69) is 46.7 Å². The quantitative estimate of drug-likeness (QED) is 0.524. The first-order chi connectivity index (χ1) is 12.7. The molecule has 0 bridgehead atoms. The summed E-state index contributed by atoms with van der Waals surface area (Å²) in [5.41, 5.74) is 3.00. The number of carbonyl (C=O) groups excluding carboxylic acids is 1. The number of carbonyl (C=O) groups is 1. The molecule has 4 aromatic rings. The normalized spacial score (nSPS) is 11.0. The number of imidazole rings is 1. The van der Waals surface area contributed by atoms with E-state index < -0.39 is 0 Å². The molecule has 0 aliphatic carbocycles. The van der Waals surface area contributed by atoms with Gasteiger partial charge in [-0.25, -0.2) is 4.98 Å². The second-order valence-electron chi connectivity index (χ2n) is 5.62. The first-order valence-corrected chi connectivity index (χ1v) is 8.75. The maximum Gasteiger partial charge on any atom is 0.253 e. The number of aromatic amines is 1. The van der Waals surface area contributed by atoms with Crippen LogP contribution in [0.25, 0.3) is 16.7 Å². The number of nitrogens with one attached hydrogen (secondary N) is 2. The molecule has 0 atom stereocenters. The van der Waals surface area contributed by atoms with Crippen molar-refractivity contribution in [3.63, 3.8) is 0 Å². The summed E-state index contributed by atoms with van der Waals surface area (Å²) in [6, 6.07) is 13.2. The van der Waals surface area contributed by atoms with E-state index in [0.29, 0.717) is 24.2 Å². The van der Waals surface area contributed by atoms with Gasteiger partial charge in [0.1, 0.15) is 12.2 Å². The number of amides is 1. The minimum atomic E-state index is -0.201. The molecule has 0 aliphatic heterocycles. The van der Waals surface area contributed by atoms with Crippen molar-refractivity contribution in [3.8, 4) is 5.69 Å². The molecule has 8 nitrogen and oxygen atoms in total. The molecule has 2 heterocycles. The van der Waals surface area contributed by atoms with Crippen LogP contribution in [-0.2, 0) is 6.42 Å². The Morgan fingerprint density at radius 1 is 1.23 bits per heavy atom. The lowest BCUT2D eigenvalue weighted by atomic mass is 10.1. The third kappa shape index (κ3) is 3.33. The highest BCUT2D eigenvalue weighted by molar-refractivity contribution is 9.10. The average Bonchev–Trinajstić information content (AvgIpc) is 3.30. The summed E-state index contributed by atoms with van der Waals surface area (Å²) < 4.78 is 2.26. The standard InChI is InChI=1S/C17H14BrN7O/c18-11-5-6-15(25-10-20-23-24-25)12(9-11)17(26)19-8-7-16-21-13-3-1-2-4-14(13)22-16/h1-6,9-10H,7-8H2,(H,19,26)(H,21,22). The van der Waals surface area contributed by atoms with Crippen molar-refractivity contribution in [2.45, 2.75) is 6.42 Å². The average molecular weight is 412 g/mol. The lowest BCUT2D eigenvalue weighted by Crippen LogP contribution is -2.27. The van der Waals surface area contributed by atoms with E-state index in [9.17, 15) is 4.79 Å². The molecule has 2 aromatic carbocycles. The number of hydrogen-bond acceptors (Lipinski definition) is 5. The number of H-pyrrole nitrogens is 1. The number of aromatic nitrogens is 6. The molecule has 2 N–H and O–H groups in total. The third-order valence-corrected chi connectivity index (χ3v) is 4.38. The Balaban J connectivity index is 1.47. The zero-order valence-electron chi connectivity index (χ0n) is 13.6. The van der Waals surface area contributed by atoms with Gasteiger partial charge in [-0.3, -0.25) is 4.79 Å². The van der Waals surface area contributed by atoms with Gasteiger partial charge in [0.2, 0.25) is 0 Å². The van der Waals surface area contributed by atoms with Crippen LogP contribution in [0.2, 0.25) is 0 Å². The van der Waals surface area contributed by atoms with Crippen molar-refractivity contribution in [2.75, 3.05) is 6.54 Å². The second kappa shape index (κ2) is 7.04. The largest absolute Gasteiger partial charge is 0.352 e. The van der Waals surface area contributed by atoms with Crippen LogP contribution in [0.15, 0.2) is 53.3 Å². The number of nitrogens with zero attached hydrogens (tertiary/aromatic N) is 5. The minimum absolute atomic E-state index is 0.201. The lowest BCUT2D eigenvalue weighted by Gasteiger charge is -2.09. The van der Waals surface area contributed by atoms with Gasteiger partial charge in [0.25, 0.3) is 5.91 Å². The predicted octanol–water partition coefficient (Wildman–Crippen LogP) is 2.27. The summed E-state index contributed by atoms with van der Waals surface area (Å²) in [5, 5.41) is 14.0. The van der Waals surface area contributed by atoms with Crippen LogP contribution >= 0.6 is 15.9 Å². The lowest BCUT2D eigenvalue weighted by molar-refractivity contribution is 0.0954. The Morgan fingerprint density at radius 2 is 2.12 bits per heavy atom. The molecule has 2 aromatic heterocycles. The van der Waals surface area contributed by atoms with Crippen molar-refractivity contribution < 1.29 is 4.79 Å². The van der Waals surface area contributed by atoms with Crippen LogP contribution in [-0.4, -0.2) is 42.6 Å². The molecule has 0 radical (unpaired) electrons. The smallest absolute Gasteiger partial charge is 0.253 e. The van der Waals surface area contributed by atoms with Crippen molar-refractivity contribution in [2.24, 2.45) is 0 Å². The molecule has 0 aliphatic rings. The number of halogens is 1. The zero-order valence-corrected chi connectivity index (χ0v) is 15.1. The summed E-state index contributed by atoms with van der Waals surface area (Å²) in [7, 11) is 0. The highest BCUT2D eigenvalue weighted by Crippen LogP contribution is 2.19. The van der Waals surface area contributed by atoms with Crippen molar-refractivity contribution in [1.29, 1.82) is 0 Å². The first kappa shape index (κ1) is 16.4. The molecular formula is C17H14BrN7O. The molecule has 0 saturated carbocycles. The monoisotopic (exact) mass is 411 g/mol. The van der Waals surface area contributed by atoms with Crippen molar-refractivity contribution in [1.82, 2.24) is 35.5 Å². The van der Waals surface area contributed by atoms with Gasteiger partial charge < -0.3 is 10.3 Å². The van der Waals surface area contributed by atoms with Crippen LogP contribution in [0.4, 0.5) is 0 Å². The summed E-state index contributed by atoms with van der Waals surface area (Å²) in [6.07, 6.45) is 2.06. The molecule has 4 rings (SSSR count). The number of hydrogen-bond donors (Lipinski definition) is 2. The SMILES string of the molecule is O=C(NCCc1nc2ccccc2[nH]1)c1cc(Br)ccc1-n1cnnn1. The van der Waals surface area contributed by atoms with Crippen LogP contribution in [0.1, 0.15) is 16.2 Å². The third-order valence-electron chi connectivity index (χ3n) is 3.88. The molecule has 0 spiro atoms. The molecule has 0 unspecified atom stereocenters. The van der Waals surface area contributed by atoms with E-state index in [0.717, 1.165) is 21.3 Å². The Kier molecular flexibility index (Phi) is 4.44. The van der Waals surface area contributed by atoms with Gasteiger partial charge in [-0.15, -0.1) is 5.10 Å². The number of tetrazole rings is 1. The maximum atomic E-state index is 12.6. The summed E-state index contributed by atoms with van der Waals surface area (Å²) in [4.78, 5) is 20.4. The van der Waals surface area contributed by atoms with Gasteiger partial charge >= 0.3 is 0 Å². The van der Waals surface area contributed by atoms with E-state index in [4.69, 9.17) is 0 Å². The van der Waals surface area contributed by atoms with Crippen LogP contribution in [0.5, 0.6) is 0 Å². The molecule has 1 amide bonds. The van der Waals surface area contributed by atoms with E-state index >= 15 is 0 Å². The zero-order chi connectivity index (χ0) is 17.9. The Hall–Kier alpha value is -3.07. The summed E-state index contributed by atoms with van der Waals surface area (Å²) in [6.45, 7) is 0.459. The molecule has 130 valence electrons. The van der Waals surface area contributed by atoms with Crippen LogP contribution in [0.3, 0.4) is 0 Å². The van der Waals surface area contributed by atoms with Gasteiger partial charge in [0, 0.05) is 17.4 Å². The number of benzene rings is 2. The fourth-order valence-corrected chi connectivity index (χ4v) is 3.04. The maximum absolute atomic E-state index is 12.6. The van der Waals surface area contributed by atoms with Crippen molar-refractivity contribution in [3.05, 3.63) is 64.7 Å². The molecule has 9 heteroatoms. The topological polar surface area (TPSA) is 101 Å². The van der Waals surface area contributed by atoms with E-state index in [-0.39, 0.29) is 5.91 Å². The number of para-hydroxylation sites is 2. The Bertz CT molecular complexity index is 1030. The molecular weight excluding hydrogens is 398 g/mol. The van der Waals surface area contributed by atoms with Gasteiger partial charge in [0.15, 0.2) is 0 Å². The highest BCUT2D eigenvalue weighted by Gasteiger charge is 2.14. The Morgan fingerprint density at radius 3 is 2.92 bits per heavy atom. The minimum Gasteiger partial charge on any atom is -0.352 e.